The fourth-order valence-electron chi connectivity index (χ4n) is 1.90. The Bertz CT molecular complexity index is 179. The van der Waals surface area contributed by atoms with Crippen LogP contribution in [0.3, 0.4) is 0 Å². The van der Waals surface area contributed by atoms with Gasteiger partial charge in [0.1, 0.15) is 0 Å². The first-order chi connectivity index (χ1) is 7.76. The van der Waals surface area contributed by atoms with Gasteiger partial charge >= 0.3 is 0 Å². The van der Waals surface area contributed by atoms with E-state index >= 15 is 0 Å². The lowest BCUT2D eigenvalue weighted by Gasteiger charge is -2.33. The third-order valence-corrected chi connectivity index (χ3v) is 2.64. The molecule has 1 aliphatic heterocycles. The average molecular weight is 232 g/mol. The fraction of sp³-hybridized carbons (Fsp3) is 1.00. The number of ether oxygens (including phenoxy) is 2. The van der Waals surface area contributed by atoms with E-state index in [1.54, 1.807) is 0 Å². The maximum absolute atomic E-state index is 9.73. The van der Waals surface area contributed by atoms with Gasteiger partial charge in [-0.05, 0) is 14.0 Å². The molecule has 0 spiro atoms. The molecule has 0 bridgehead atoms. The van der Waals surface area contributed by atoms with Crippen LogP contribution in [-0.4, -0.2) is 75.3 Å². The number of aliphatic hydroxyl groups is 1. The lowest BCUT2D eigenvalue weighted by Crippen LogP contribution is -2.48. The van der Waals surface area contributed by atoms with Gasteiger partial charge < -0.3 is 19.9 Å². The summed E-state index contributed by atoms with van der Waals surface area (Å²) in [6.45, 7) is 7.06. The van der Waals surface area contributed by atoms with Crippen molar-refractivity contribution in [3.05, 3.63) is 0 Å². The number of nitrogens with zero attached hydrogens (tertiary/aromatic N) is 1. The molecule has 5 heteroatoms. The molecule has 0 saturated carbocycles. The average Bonchev–Trinajstić information content (AvgIpc) is 2.27. The van der Waals surface area contributed by atoms with E-state index in [9.17, 15) is 5.11 Å². The van der Waals surface area contributed by atoms with Crippen molar-refractivity contribution in [1.82, 2.24) is 10.2 Å². The quantitative estimate of drug-likeness (QED) is 0.608. The molecule has 0 amide bonds. The van der Waals surface area contributed by atoms with Crippen LogP contribution in [0.5, 0.6) is 0 Å². The smallest absolute Gasteiger partial charge is 0.0900 e. The fourth-order valence-corrected chi connectivity index (χ4v) is 1.90. The van der Waals surface area contributed by atoms with Crippen molar-refractivity contribution >= 4 is 0 Å². The van der Waals surface area contributed by atoms with Gasteiger partial charge in [-0.3, -0.25) is 4.90 Å². The third-order valence-electron chi connectivity index (χ3n) is 2.64. The highest BCUT2D eigenvalue weighted by Crippen LogP contribution is 2.05. The molecule has 0 aromatic heterocycles. The number of hydrogen-bond acceptors (Lipinski definition) is 5. The van der Waals surface area contributed by atoms with Crippen molar-refractivity contribution in [1.29, 1.82) is 0 Å². The summed E-state index contributed by atoms with van der Waals surface area (Å²) in [4.78, 5) is 2.23. The summed E-state index contributed by atoms with van der Waals surface area (Å²) in [5, 5.41) is 12.8. The Balaban J connectivity index is 2.20. The molecule has 2 N–H and O–H groups in total. The normalized spacial score (nSPS) is 24.6. The largest absolute Gasteiger partial charge is 0.389 e. The number of rotatable bonds is 7. The van der Waals surface area contributed by atoms with E-state index in [-0.39, 0.29) is 6.10 Å². The summed E-state index contributed by atoms with van der Waals surface area (Å²) >= 11 is 0. The zero-order valence-corrected chi connectivity index (χ0v) is 10.3. The van der Waals surface area contributed by atoms with Crippen LogP contribution in [-0.2, 0) is 9.47 Å². The lowest BCUT2D eigenvalue weighted by molar-refractivity contribution is -0.0486. The zero-order chi connectivity index (χ0) is 11.8. The molecule has 96 valence electrons. The van der Waals surface area contributed by atoms with Crippen LogP contribution in [0.25, 0.3) is 0 Å². The van der Waals surface area contributed by atoms with Crippen molar-refractivity contribution in [2.45, 2.75) is 19.1 Å². The van der Waals surface area contributed by atoms with Gasteiger partial charge in [-0.1, -0.05) is 0 Å². The molecular formula is C11H24N2O3. The zero-order valence-electron chi connectivity index (χ0n) is 10.3. The van der Waals surface area contributed by atoms with E-state index in [1.165, 1.54) is 0 Å². The molecule has 1 heterocycles. The SMILES string of the molecule is CCOCC(O)CN1CCOC(CNC)C1. The van der Waals surface area contributed by atoms with E-state index in [0.29, 0.717) is 19.8 Å². The number of β-amino-alcohol motifs (C(OH)–C–C–N with tert-alkyl or cyclic N) is 1. The molecule has 0 aromatic rings. The van der Waals surface area contributed by atoms with Crippen molar-refractivity contribution in [3.63, 3.8) is 0 Å². The Morgan fingerprint density at radius 1 is 1.62 bits per heavy atom. The lowest BCUT2D eigenvalue weighted by atomic mass is 10.2. The van der Waals surface area contributed by atoms with E-state index in [2.05, 4.69) is 10.2 Å². The van der Waals surface area contributed by atoms with Gasteiger partial charge in [-0.2, -0.15) is 0 Å². The van der Waals surface area contributed by atoms with E-state index < -0.39 is 6.10 Å². The van der Waals surface area contributed by atoms with Gasteiger partial charge in [-0.15, -0.1) is 0 Å². The molecular weight excluding hydrogens is 208 g/mol. The molecule has 0 radical (unpaired) electrons. The van der Waals surface area contributed by atoms with Crippen molar-refractivity contribution < 1.29 is 14.6 Å². The van der Waals surface area contributed by atoms with Gasteiger partial charge in [0.05, 0.1) is 25.4 Å². The number of likely N-dealkylation sites (N-methyl/N-ethyl adjacent to an activating group) is 1. The highest BCUT2D eigenvalue weighted by Gasteiger charge is 2.21. The molecule has 5 nitrogen and oxygen atoms in total. The molecule has 0 aliphatic carbocycles. The standard InChI is InChI=1S/C11H24N2O3/c1-3-15-9-10(14)7-13-4-5-16-11(8-13)6-12-2/h10-12,14H,3-9H2,1-2H3. The van der Waals surface area contributed by atoms with Gasteiger partial charge in [0, 0.05) is 32.8 Å². The first-order valence-corrected chi connectivity index (χ1v) is 6.00. The first-order valence-electron chi connectivity index (χ1n) is 6.00. The summed E-state index contributed by atoms with van der Waals surface area (Å²) < 4.78 is 10.8. The van der Waals surface area contributed by atoms with Crippen LogP contribution >= 0.6 is 0 Å². The number of hydrogen-bond donors (Lipinski definition) is 2. The second kappa shape index (κ2) is 7.97. The van der Waals surface area contributed by atoms with Gasteiger partial charge in [0.2, 0.25) is 0 Å². The summed E-state index contributed by atoms with van der Waals surface area (Å²) in [6.07, 6.45) is -0.161. The van der Waals surface area contributed by atoms with E-state index in [1.807, 2.05) is 14.0 Å². The Kier molecular flexibility index (Phi) is 6.91. The maximum Gasteiger partial charge on any atom is 0.0900 e. The van der Waals surface area contributed by atoms with Crippen LogP contribution in [0.1, 0.15) is 6.92 Å². The monoisotopic (exact) mass is 232 g/mol. The summed E-state index contributed by atoms with van der Waals surface area (Å²) in [5.74, 6) is 0. The van der Waals surface area contributed by atoms with Crippen LogP contribution in [0.4, 0.5) is 0 Å². The second-order valence-electron chi connectivity index (χ2n) is 4.12. The van der Waals surface area contributed by atoms with Crippen LogP contribution in [0.15, 0.2) is 0 Å². The summed E-state index contributed by atoms with van der Waals surface area (Å²) in [5.41, 5.74) is 0. The highest BCUT2D eigenvalue weighted by molar-refractivity contribution is 4.74. The second-order valence-corrected chi connectivity index (χ2v) is 4.12. The van der Waals surface area contributed by atoms with E-state index in [0.717, 1.165) is 26.2 Å². The highest BCUT2D eigenvalue weighted by atomic mass is 16.5. The van der Waals surface area contributed by atoms with Crippen LogP contribution < -0.4 is 5.32 Å². The summed E-state index contributed by atoms with van der Waals surface area (Å²) in [6, 6.07) is 0. The van der Waals surface area contributed by atoms with Crippen molar-refractivity contribution in [3.8, 4) is 0 Å². The number of nitrogens with one attached hydrogen (secondary N) is 1. The molecule has 0 aromatic carbocycles. The first kappa shape index (κ1) is 13.9. The minimum atomic E-state index is -0.395. The predicted molar refractivity (Wildman–Crippen MR) is 62.6 cm³/mol. The Morgan fingerprint density at radius 2 is 2.44 bits per heavy atom. The Labute approximate surface area is 97.7 Å². The van der Waals surface area contributed by atoms with E-state index in [4.69, 9.17) is 9.47 Å². The molecule has 2 unspecified atom stereocenters. The molecule has 1 saturated heterocycles. The number of morpholine rings is 1. The maximum atomic E-state index is 9.73. The third kappa shape index (κ3) is 5.23. The Hall–Kier alpha value is -0.200. The van der Waals surface area contributed by atoms with Crippen LogP contribution in [0, 0.1) is 0 Å². The topological polar surface area (TPSA) is 54.0 Å². The molecule has 1 fully saturated rings. The molecule has 16 heavy (non-hydrogen) atoms. The minimum absolute atomic E-state index is 0.234. The summed E-state index contributed by atoms with van der Waals surface area (Å²) in [7, 11) is 1.92. The van der Waals surface area contributed by atoms with Crippen molar-refractivity contribution in [2.75, 3.05) is 53.0 Å². The number of aliphatic hydroxyl groups excluding tert-OH is 1. The minimum Gasteiger partial charge on any atom is -0.389 e. The van der Waals surface area contributed by atoms with Crippen molar-refractivity contribution in [2.24, 2.45) is 0 Å². The molecule has 1 rings (SSSR count). The molecule has 1 aliphatic rings. The Morgan fingerprint density at radius 3 is 3.12 bits per heavy atom. The van der Waals surface area contributed by atoms with Gasteiger partial charge in [-0.25, -0.2) is 0 Å². The van der Waals surface area contributed by atoms with Gasteiger partial charge in [0.25, 0.3) is 0 Å². The van der Waals surface area contributed by atoms with Gasteiger partial charge in [0.15, 0.2) is 0 Å². The van der Waals surface area contributed by atoms with Crippen LogP contribution in [0.2, 0.25) is 0 Å². The molecule has 2 atom stereocenters. The predicted octanol–water partition coefficient (Wildman–Crippen LogP) is -0.696.